The van der Waals surface area contributed by atoms with E-state index in [4.69, 9.17) is 9.47 Å². The van der Waals surface area contributed by atoms with Gasteiger partial charge in [-0.3, -0.25) is 0 Å². The normalized spacial score (nSPS) is 17.4. The summed E-state index contributed by atoms with van der Waals surface area (Å²) in [5.74, 6) is 0.847. The first-order valence-corrected chi connectivity index (χ1v) is 7.78. The number of rotatable bonds is 4. The second kappa shape index (κ2) is 7.01. The smallest absolute Gasteiger partial charge is 0.317 e. The Morgan fingerprint density at radius 3 is 2.64 bits per heavy atom. The lowest BCUT2D eigenvalue weighted by Crippen LogP contribution is -2.53. The second-order valence-corrected chi connectivity index (χ2v) is 6.50. The molecule has 1 fully saturated rings. The quantitative estimate of drug-likeness (QED) is 0.930. The monoisotopic (exact) mass is 306 g/mol. The summed E-state index contributed by atoms with van der Waals surface area (Å²) in [5, 5.41) is 2.96. The molecule has 1 saturated heterocycles. The summed E-state index contributed by atoms with van der Waals surface area (Å²) in [5.41, 5.74) is 0.780. The summed E-state index contributed by atoms with van der Waals surface area (Å²) in [4.78, 5) is 14.0. The molecule has 0 spiro atoms. The predicted octanol–water partition coefficient (Wildman–Crippen LogP) is 2.79. The van der Waals surface area contributed by atoms with E-state index in [1.54, 1.807) is 4.90 Å². The van der Waals surface area contributed by atoms with Crippen LogP contribution in [0.1, 0.15) is 33.3 Å². The maximum absolute atomic E-state index is 12.2. The SMILES string of the molecule is CC(C)Oc1ccc(CNC(=O)N2CCOC(C)(C)C2)cc1. The van der Waals surface area contributed by atoms with Crippen molar-refractivity contribution in [3.63, 3.8) is 0 Å². The van der Waals surface area contributed by atoms with Crippen LogP contribution in [0.3, 0.4) is 0 Å². The number of carbonyl (C=O) groups is 1. The van der Waals surface area contributed by atoms with Crippen LogP contribution in [0.2, 0.25) is 0 Å². The van der Waals surface area contributed by atoms with E-state index in [0.717, 1.165) is 11.3 Å². The molecular weight excluding hydrogens is 280 g/mol. The largest absolute Gasteiger partial charge is 0.491 e. The highest BCUT2D eigenvalue weighted by Gasteiger charge is 2.29. The Morgan fingerprint density at radius 2 is 2.05 bits per heavy atom. The summed E-state index contributed by atoms with van der Waals surface area (Å²) < 4.78 is 11.2. The number of benzene rings is 1. The van der Waals surface area contributed by atoms with E-state index in [2.05, 4.69) is 5.32 Å². The van der Waals surface area contributed by atoms with Crippen LogP contribution >= 0.6 is 0 Å². The van der Waals surface area contributed by atoms with Gasteiger partial charge in [-0.15, -0.1) is 0 Å². The molecule has 0 atom stereocenters. The number of nitrogens with one attached hydrogen (secondary N) is 1. The Balaban J connectivity index is 1.83. The van der Waals surface area contributed by atoms with Gasteiger partial charge in [-0.25, -0.2) is 4.79 Å². The van der Waals surface area contributed by atoms with Crippen LogP contribution in [-0.2, 0) is 11.3 Å². The zero-order valence-electron chi connectivity index (χ0n) is 13.9. The molecule has 1 aliphatic rings. The first-order valence-electron chi connectivity index (χ1n) is 7.78. The molecule has 1 aromatic rings. The lowest BCUT2D eigenvalue weighted by Gasteiger charge is -2.38. The zero-order chi connectivity index (χ0) is 16.2. The Morgan fingerprint density at radius 1 is 1.36 bits per heavy atom. The highest BCUT2D eigenvalue weighted by atomic mass is 16.5. The number of nitrogens with zero attached hydrogens (tertiary/aromatic N) is 1. The summed E-state index contributed by atoms with van der Waals surface area (Å²) in [6.07, 6.45) is 0.162. The van der Waals surface area contributed by atoms with Gasteiger partial charge in [0.25, 0.3) is 0 Å². The molecule has 0 saturated carbocycles. The number of carbonyl (C=O) groups excluding carboxylic acids is 1. The molecule has 0 unspecified atom stereocenters. The lowest BCUT2D eigenvalue weighted by molar-refractivity contribution is -0.0733. The van der Waals surface area contributed by atoms with Crippen molar-refractivity contribution in [3.8, 4) is 5.75 Å². The number of morpholine rings is 1. The number of urea groups is 1. The molecule has 1 N–H and O–H groups in total. The van der Waals surface area contributed by atoms with Crippen LogP contribution in [0.4, 0.5) is 4.79 Å². The topological polar surface area (TPSA) is 50.8 Å². The van der Waals surface area contributed by atoms with Gasteiger partial charge < -0.3 is 19.7 Å². The van der Waals surface area contributed by atoms with Crippen LogP contribution < -0.4 is 10.1 Å². The number of hydrogen-bond acceptors (Lipinski definition) is 3. The molecule has 2 rings (SSSR count). The molecule has 1 aromatic carbocycles. The molecule has 1 heterocycles. The van der Waals surface area contributed by atoms with E-state index in [-0.39, 0.29) is 17.7 Å². The molecule has 5 nitrogen and oxygen atoms in total. The van der Waals surface area contributed by atoms with E-state index in [1.807, 2.05) is 52.0 Å². The minimum Gasteiger partial charge on any atom is -0.491 e. The summed E-state index contributed by atoms with van der Waals surface area (Å²) in [6, 6.07) is 7.76. The molecule has 5 heteroatoms. The van der Waals surface area contributed by atoms with Gasteiger partial charge in [0.1, 0.15) is 5.75 Å². The maximum Gasteiger partial charge on any atom is 0.317 e. The van der Waals surface area contributed by atoms with Crippen LogP contribution in [0.25, 0.3) is 0 Å². The standard InChI is InChI=1S/C17H26N2O3/c1-13(2)22-15-7-5-14(6-8-15)11-18-16(20)19-9-10-21-17(3,4)12-19/h5-8,13H,9-12H2,1-4H3,(H,18,20). The molecule has 0 aliphatic carbocycles. The predicted molar refractivity (Wildman–Crippen MR) is 86.0 cm³/mol. The third-order valence-electron chi connectivity index (χ3n) is 3.45. The first kappa shape index (κ1) is 16.6. The molecule has 22 heavy (non-hydrogen) atoms. The van der Waals surface area contributed by atoms with Crippen molar-refractivity contribution in [1.29, 1.82) is 0 Å². The van der Waals surface area contributed by atoms with E-state index in [1.165, 1.54) is 0 Å². The fourth-order valence-corrected chi connectivity index (χ4v) is 2.44. The average molecular weight is 306 g/mol. The van der Waals surface area contributed by atoms with Crippen molar-refractivity contribution in [2.45, 2.75) is 45.9 Å². The van der Waals surface area contributed by atoms with Gasteiger partial charge in [0, 0.05) is 13.1 Å². The zero-order valence-corrected chi connectivity index (χ0v) is 13.9. The third-order valence-corrected chi connectivity index (χ3v) is 3.45. The van der Waals surface area contributed by atoms with Crippen molar-refractivity contribution >= 4 is 6.03 Å². The Bertz CT molecular complexity index is 497. The van der Waals surface area contributed by atoms with Crippen molar-refractivity contribution in [3.05, 3.63) is 29.8 Å². The lowest BCUT2D eigenvalue weighted by atomic mass is 10.1. The Kier molecular flexibility index (Phi) is 5.29. The third kappa shape index (κ3) is 4.91. The van der Waals surface area contributed by atoms with Gasteiger partial charge in [-0.05, 0) is 45.4 Å². The molecule has 0 radical (unpaired) electrons. The molecule has 122 valence electrons. The number of ether oxygens (including phenoxy) is 2. The summed E-state index contributed by atoms with van der Waals surface area (Å²) >= 11 is 0. The number of amides is 2. The molecular formula is C17H26N2O3. The molecule has 0 bridgehead atoms. The minimum absolute atomic E-state index is 0.0427. The molecule has 1 aliphatic heterocycles. The van der Waals surface area contributed by atoms with Crippen LogP contribution in [0.5, 0.6) is 5.75 Å². The van der Waals surface area contributed by atoms with E-state index in [0.29, 0.717) is 26.2 Å². The highest BCUT2D eigenvalue weighted by Crippen LogP contribution is 2.17. The average Bonchev–Trinajstić information content (AvgIpc) is 2.44. The van der Waals surface area contributed by atoms with Crippen LogP contribution in [0.15, 0.2) is 24.3 Å². The van der Waals surface area contributed by atoms with Crippen molar-refractivity contribution in [2.75, 3.05) is 19.7 Å². The Labute approximate surface area is 132 Å². The molecule has 0 aromatic heterocycles. The van der Waals surface area contributed by atoms with Gasteiger partial charge >= 0.3 is 6.03 Å². The molecule has 2 amide bonds. The van der Waals surface area contributed by atoms with E-state index in [9.17, 15) is 4.79 Å². The van der Waals surface area contributed by atoms with Crippen molar-refractivity contribution < 1.29 is 14.3 Å². The minimum atomic E-state index is -0.272. The van der Waals surface area contributed by atoms with Gasteiger partial charge in [0.15, 0.2) is 0 Å². The fourth-order valence-electron chi connectivity index (χ4n) is 2.44. The van der Waals surface area contributed by atoms with Gasteiger partial charge in [0.2, 0.25) is 0 Å². The maximum atomic E-state index is 12.2. The second-order valence-electron chi connectivity index (χ2n) is 6.50. The van der Waals surface area contributed by atoms with Gasteiger partial charge in [-0.1, -0.05) is 12.1 Å². The fraction of sp³-hybridized carbons (Fsp3) is 0.588. The summed E-state index contributed by atoms with van der Waals surface area (Å²) in [6.45, 7) is 10.3. The number of hydrogen-bond donors (Lipinski definition) is 1. The van der Waals surface area contributed by atoms with Crippen LogP contribution in [-0.4, -0.2) is 42.3 Å². The highest BCUT2D eigenvalue weighted by molar-refractivity contribution is 5.74. The van der Waals surface area contributed by atoms with Crippen molar-refractivity contribution in [1.82, 2.24) is 10.2 Å². The van der Waals surface area contributed by atoms with E-state index < -0.39 is 0 Å². The van der Waals surface area contributed by atoms with E-state index >= 15 is 0 Å². The van der Waals surface area contributed by atoms with Crippen molar-refractivity contribution in [2.24, 2.45) is 0 Å². The van der Waals surface area contributed by atoms with Gasteiger partial charge in [-0.2, -0.15) is 0 Å². The first-order chi connectivity index (χ1) is 10.4. The Hall–Kier alpha value is -1.75. The summed E-state index contributed by atoms with van der Waals surface area (Å²) in [7, 11) is 0. The van der Waals surface area contributed by atoms with Gasteiger partial charge in [0.05, 0.1) is 24.9 Å². The van der Waals surface area contributed by atoms with Crippen LogP contribution in [0, 0.1) is 0 Å².